The molecule has 0 saturated carbocycles. The zero-order valence-corrected chi connectivity index (χ0v) is 18.6. The Morgan fingerprint density at radius 2 is 1.63 bits per heavy atom. The number of aliphatic hydroxyl groups is 1. The molecular formula is C26H36O. The van der Waals surface area contributed by atoms with Gasteiger partial charge in [0.15, 0.2) is 0 Å². The molecule has 146 valence electrons. The van der Waals surface area contributed by atoms with Crippen molar-refractivity contribution in [2.45, 2.75) is 85.7 Å². The van der Waals surface area contributed by atoms with E-state index in [0.29, 0.717) is 0 Å². The number of fused-ring (bicyclic) bond motifs is 1. The Hall–Kier alpha value is -1.34. The SMILES string of the molecule is CC1C2=C(C(C)(C(C)(C)C)C=CC2(C)O)C2(C)c3c(cccc31)CC2(C)C. The second kappa shape index (κ2) is 4.98. The minimum absolute atomic E-state index is 0.0639. The lowest BCUT2D eigenvalue weighted by Crippen LogP contribution is -2.53. The van der Waals surface area contributed by atoms with Gasteiger partial charge in [-0.15, -0.1) is 0 Å². The van der Waals surface area contributed by atoms with E-state index >= 15 is 0 Å². The lowest BCUT2D eigenvalue weighted by Gasteiger charge is -2.59. The van der Waals surface area contributed by atoms with Crippen LogP contribution in [0.25, 0.3) is 0 Å². The summed E-state index contributed by atoms with van der Waals surface area (Å²) in [5.74, 6) is 0.235. The average Bonchev–Trinajstić information content (AvgIpc) is 2.74. The highest BCUT2D eigenvalue weighted by atomic mass is 16.3. The summed E-state index contributed by atoms with van der Waals surface area (Å²) in [5, 5.41) is 11.5. The predicted octanol–water partition coefficient (Wildman–Crippen LogP) is 6.31. The van der Waals surface area contributed by atoms with E-state index in [1.165, 1.54) is 22.3 Å². The molecule has 27 heavy (non-hydrogen) atoms. The fraction of sp³-hybridized carbons (Fsp3) is 0.615. The van der Waals surface area contributed by atoms with Gasteiger partial charge in [-0.05, 0) is 52.0 Å². The molecule has 3 aliphatic rings. The van der Waals surface area contributed by atoms with Crippen molar-refractivity contribution < 1.29 is 5.11 Å². The Labute approximate surface area is 165 Å². The van der Waals surface area contributed by atoms with Crippen molar-refractivity contribution in [1.82, 2.24) is 0 Å². The molecule has 1 aromatic carbocycles. The first-order valence-corrected chi connectivity index (χ1v) is 10.5. The van der Waals surface area contributed by atoms with Crippen LogP contribution >= 0.6 is 0 Å². The zero-order chi connectivity index (χ0) is 20.2. The molecule has 1 nitrogen and oxygen atoms in total. The molecule has 3 aliphatic carbocycles. The summed E-state index contributed by atoms with van der Waals surface area (Å²) in [4.78, 5) is 0. The van der Waals surface area contributed by atoms with Crippen LogP contribution in [0.3, 0.4) is 0 Å². The topological polar surface area (TPSA) is 20.2 Å². The highest BCUT2D eigenvalue weighted by Crippen LogP contribution is 2.69. The fourth-order valence-corrected chi connectivity index (χ4v) is 6.45. The van der Waals surface area contributed by atoms with E-state index in [4.69, 9.17) is 0 Å². The van der Waals surface area contributed by atoms with Gasteiger partial charge in [-0.2, -0.15) is 0 Å². The molecule has 0 aromatic heterocycles. The van der Waals surface area contributed by atoms with Gasteiger partial charge in [0.1, 0.15) is 5.60 Å². The minimum Gasteiger partial charge on any atom is -0.382 e. The summed E-state index contributed by atoms with van der Waals surface area (Å²) in [6, 6.07) is 6.85. The molecule has 4 unspecified atom stereocenters. The molecule has 4 atom stereocenters. The second-order valence-electron chi connectivity index (χ2n) is 11.5. The van der Waals surface area contributed by atoms with Crippen molar-refractivity contribution in [1.29, 1.82) is 0 Å². The number of hydrogen-bond donors (Lipinski definition) is 1. The Balaban J connectivity index is 2.18. The summed E-state index contributed by atoms with van der Waals surface area (Å²) in [6.45, 7) is 21.0. The summed E-state index contributed by atoms with van der Waals surface area (Å²) in [7, 11) is 0. The van der Waals surface area contributed by atoms with E-state index in [2.05, 4.69) is 85.7 Å². The molecule has 0 aliphatic heterocycles. The van der Waals surface area contributed by atoms with E-state index in [9.17, 15) is 5.11 Å². The third-order valence-corrected chi connectivity index (χ3v) is 8.70. The van der Waals surface area contributed by atoms with Crippen LogP contribution in [0.2, 0.25) is 0 Å². The van der Waals surface area contributed by atoms with E-state index in [1.807, 2.05) is 6.92 Å². The predicted molar refractivity (Wildman–Crippen MR) is 114 cm³/mol. The Kier molecular flexibility index (Phi) is 3.50. The molecule has 0 saturated heterocycles. The maximum Gasteiger partial charge on any atom is 0.102 e. The molecule has 1 N–H and O–H groups in total. The first-order valence-electron chi connectivity index (χ1n) is 10.5. The van der Waals surface area contributed by atoms with E-state index in [1.54, 1.807) is 5.56 Å². The van der Waals surface area contributed by atoms with Gasteiger partial charge in [-0.1, -0.05) is 85.7 Å². The van der Waals surface area contributed by atoms with Crippen molar-refractivity contribution in [3.63, 3.8) is 0 Å². The van der Waals surface area contributed by atoms with Gasteiger partial charge in [-0.3, -0.25) is 0 Å². The monoisotopic (exact) mass is 364 g/mol. The van der Waals surface area contributed by atoms with Crippen LogP contribution in [0.15, 0.2) is 41.5 Å². The molecule has 1 aromatic rings. The van der Waals surface area contributed by atoms with Crippen molar-refractivity contribution in [3.8, 4) is 0 Å². The summed E-state index contributed by atoms with van der Waals surface area (Å²) in [5.41, 5.74) is 6.30. The highest BCUT2D eigenvalue weighted by Gasteiger charge is 2.62. The molecule has 0 heterocycles. The lowest BCUT2D eigenvalue weighted by atomic mass is 9.45. The largest absolute Gasteiger partial charge is 0.382 e. The number of hydrogen-bond acceptors (Lipinski definition) is 1. The molecule has 0 fully saturated rings. The molecule has 0 amide bonds. The third-order valence-electron chi connectivity index (χ3n) is 8.70. The van der Waals surface area contributed by atoms with Crippen molar-refractivity contribution in [2.75, 3.05) is 0 Å². The van der Waals surface area contributed by atoms with Crippen molar-refractivity contribution in [2.24, 2.45) is 16.2 Å². The smallest absolute Gasteiger partial charge is 0.102 e. The van der Waals surface area contributed by atoms with Crippen molar-refractivity contribution in [3.05, 3.63) is 58.2 Å². The minimum atomic E-state index is -0.894. The molecule has 1 heteroatoms. The van der Waals surface area contributed by atoms with Crippen LogP contribution in [0, 0.1) is 16.2 Å². The standard InChI is InChI=1S/C26H36O/c1-16-18-12-10-11-17-15-23(5,6)26(9,20(17)18)21-19(16)25(8,27)14-13-24(21,7)22(2,3)4/h10-14,16,27H,15H2,1-9H3. The van der Waals surface area contributed by atoms with Crippen LogP contribution < -0.4 is 0 Å². The van der Waals surface area contributed by atoms with Gasteiger partial charge >= 0.3 is 0 Å². The third kappa shape index (κ3) is 2.05. The van der Waals surface area contributed by atoms with Gasteiger partial charge in [0.25, 0.3) is 0 Å². The van der Waals surface area contributed by atoms with E-state index in [-0.39, 0.29) is 27.6 Å². The summed E-state index contributed by atoms with van der Waals surface area (Å²) >= 11 is 0. The number of benzene rings is 1. The first kappa shape index (κ1) is 19.0. The second-order valence-corrected chi connectivity index (χ2v) is 11.5. The van der Waals surface area contributed by atoms with Gasteiger partial charge < -0.3 is 5.11 Å². The zero-order valence-electron chi connectivity index (χ0n) is 18.6. The van der Waals surface area contributed by atoms with E-state index < -0.39 is 5.60 Å². The van der Waals surface area contributed by atoms with Crippen LogP contribution in [0.5, 0.6) is 0 Å². The Morgan fingerprint density at radius 1 is 1.00 bits per heavy atom. The molecule has 0 radical (unpaired) electrons. The van der Waals surface area contributed by atoms with Crippen LogP contribution in [-0.4, -0.2) is 10.7 Å². The maximum absolute atomic E-state index is 11.5. The molecule has 0 spiro atoms. The average molecular weight is 365 g/mol. The Morgan fingerprint density at radius 3 is 2.22 bits per heavy atom. The quantitative estimate of drug-likeness (QED) is 0.535. The summed E-state index contributed by atoms with van der Waals surface area (Å²) in [6.07, 6.45) is 5.47. The van der Waals surface area contributed by atoms with E-state index in [0.717, 1.165) is 6.42 Å². The lowest BCUT2D eigenvalue weighted by molar-refractivity contribution is 0.0918. The normalized spacial score (nSPS) is 39.4. The van der Waals surface area contributed by atoms with Crippen LogP contribution in [0.4, 0.5) is 0 Å². The number of allylic oxidation sites excluding steroid dienone is 2. The highest BCUT2D eigenvalue weighted by molar-refractivity contribution is 5.65. The molecule has 0 bridgehead atoms. The van der Waals surface area contributed by atoms with Gasteiger partial charge in [0.2, 0.25) is 0 Å². The molecule has 4 rings (SSSR count). The van der Waals surface area contributed by atoms with Gasteiger partial charge in [0, 0.05) is 16.7 Å². The molecular weight excluding hydrogens is 328 g/mol. The van der Waals surface area contributed by atoms with Crippen molar-refractivity contribution >= 4 is 0 Å². The van der Waals surface area contributed by atoms with Crippen LogP contribution in [-0.2, 0) is 11.8 Å². The number of rotatable bonds is 0. The van der Waals surface area contributed by atoms with Crippen LogP contribution in [0.1, 0.15) is 84.9 Å². The van der Waals surface area contributed by atoms with Gasteiger partial charge in [0.05, 0.1) is 0 Å². The fourth-order valence-electron chi connectivity index (χ4n) is 6.45. The Bertz CT molecular complexity index is 889. The van der Waals surface area contributed by atoms with Gasteiger partial charge in [-0.25, -0.2) is 0 Å². The first-order chi connectivity index (χ1) is 12.2. The maximum atomic E-state index is 11.5. The summed E-state index contributed by atoms with van der Waals surface area (Å²) < 4.78 is 0.